The zero-order valence-electron chi connectivity index (χ0n) is 24.4. The number of ether oxygens (including phenoxy) is 3. The summed E-state index contributed by atoms with van der Waals surface area (Å²) in [4.78, 5) is 0. The highest BCUT2D eigenvalue weighted by Gasteiger charge is 2.43. The highest BCUT2D eigenvalue weighted by molar-refractivity contribution is 5.65. The van der Waals surface area contributed by atoms with Crippen molar-refractivity contribution < 1.29 is 44.9 Å². The largest absolute Gasteiger partial charge is 0.389 e. The molecule has 44 heavy (non-hydrogen) atoms. The molecule has 2 aliphatic rings. The summed E-state index contributed by atoms with van der Waals surface area (Å²) < 4.78 is 119. The lowest BCUT2D eigenvalue weighted by Gasteiger charge is -2.31. The van der Waals surface area contributed by atoms with Gasteiger partial charge in [0, 0.05) is 17.0 Å². The topological polar surface area (TPSA) is 27.7 Å². The molecule has 0 N–H and O–H groups in total. The van der Waals surface area contributed by atoms with Crippen LogP contribution in [0.25, 0.3) is 11.1 Å². The molecule has 1 saturated heterocycles. The molecule has 1 aliphatic heterocycles. The highest BCUT2D eigenvalue weighted by Crippen LogP contribution is 2.42. The molecule has 0 bridgehead atoms. The van der Waals surface area contributed by atoms with Crippen molar-refractivity contribution in [2.24, 2.45) is 5.92 Å². The quantitative estimate of drug-likeness (QED) is 0.166. The molecule has 0 atom stereocenters. The molecule has 0 aromatic heterocycles. The first kappa shape index (κ1) is 32.4. The summed E-state index contributed by atoms with van der Waals surface area (Å²) >= 11 is 0. The molecule has 0 spiro atoms. The van der Waals surface area contributed by atoms with Crippen molar-refractivity contribution in [2.45, 2.75) is 82.7 Å². The maximum atomic E-state index is 15.1. The highest BCUT2D eigenvalue weighted by atomic mass is 19.3. The maximum absolute atomic E-state index is 15.1. The van der Waals surface area contributed by atoms with Crippen molar-refractivity contribution >= 4 is 0 Å². The molecule has 3 aromatic rings. The fourth-order valence-corrected chi connectivity index (χ4v) is 6.05. The summed E-state index contributed by atoms with van der Waals surface area (Å²) in [6.45, 7) is 3.07. The molecule has 0 unspecified atom stereocenters. The molecule has 2 fully saturated rings. The number of alkyl halides is 2. The Balaban J connectivity index is 1.22. The van der Waals surface area contributed by atoms with Gasteiger partial charge in [-0.2, -0.15) is 8.78 Å². The van der Waals surface area contributed by atoms with Crippen LogP contribution >= 0.6 is 0 Å². The van der Waals surface area contributed by atoms with E-state index in [1.807, 2.05) is 0 Å². The molecule has 0 radical (unpaired) electrons. The minimum atomic E-state index is -4.29. The third-order valence-corrected chi connectivity index (χ3v) is 8.50. The van der Waals surface area contributed by atoms with Crippen LogP contribution in [0.4, 0.5) is 30.7 Å². The number of halogens is 7. The fraction of sp³-hybridized carbons (Fsp3) is 0.471. The van der Waals surface area contributed by atoms with E-state index >= 15 is 22.0 Å². The second kappa shape index (κ2) is 14.0. The van der Waals surface area contributed by atoms with Crippen molar-refractivity contribution in [3.63, 3.8) is 0 Å². The average molecular weight is 625 g/mol. The van der Waals surface area contributed by atoms with Crippen LogP contribution in [-0.4, -0.2) is 19.3 Å². The molecule has 5 rings (SSSR count). The third kappa shape index (κ3) is 7.46. The van der Waals surface area contributed by atoms with Gasteiger partial charge in [0.25, 0.3) is 0 Å². The summed E-state index contributed by atoms with van der Waals surface area (Å²) in [6, 6.07) is 8.82. The summed E-state index contributed by atoms with van der Waals surface area (Å²) in [5.41, 5.74) is -1.04. The van der Waals surface area contributed by atoms with E-state index in [-0.39, 0.29) is 35.8 Å². The molecule has 1 aliphatic carbocycles. The predicted octanol–water partition coefficient (Wildman–Crippen LogP) is 10.1. The lowest BCUT2D eigenvalue weighted by molar-refractivity contribution is -0.280. The van der Waals surface area contributed by atoms with Gasteiger partial charge in [0.1, 0.15) is 23.0 Å². The van der Waals surface area contributed by atoms with Crippen molar-refractivity contribution in [2.75, 3.05) is 13.2 Å². The minimum Gasteiger partial charge on any atom is -0.348 e. The second-order valence-electron chi connectivity index (χ2n) is 11.7. The maximum Gasteiger partial charge on any atom is 0.389 e. The van der Waals surface area contributed by atoms with E-state index in [1.54, 1.807) is 0 Å². The van der Waals surface area contributed by atoms with Crippen LogP contribution < -0.4 is 0 Å². The molecule has 0 amide bonds. The summed E-state index contributed by atoms with van der Waals surface area (Å²) in [5, 5.41) is 0. The first-order chi connectivity index (χ1) is 21.1. The number of hydrogen-bond acceptors (Lipinski definition) is 3. The molecule has 3 aromatic carbocycles. The molecule has 1 saturated carbocycles. The van der Waals surface area contributed by atoms with Crippen LogP contribution in [0.15, 0.2) is 48.5 Å². The summed E-state index contributed by atoms with van der Waals surface area (Å²) in [7, 11) is 0. The van der Waals surface area contributed by atoms with Crippen LogP contribution in [0.1, 0.15) is 87.2 Å². The van der Waals surface area contributed by atoms with E-state index in [0.29, 0.717) is 49.3 Å². The van der Waals surface area contributed by atoms with E-state index in [4.69, 9.17) is 14.2 Å². The second-order valence-corrected chi connectivity index (χ2v) is 11.7. The Morgan fingerprint density at radius 1 is 0.727 bits per heavy atom. The predicted molar refractivity (Wildman–Crippen MR) is 150 cm³/mol. The Labute approximate surface area is 252 Å². The van der Waals surface area contributed by atoms with Gasteiger partial charge in [-0.1, -0.05) is 44.4 Å². The zero-order valence-corrected chi connectivity index (χ0v) is 24.4. The molecule has 10 heteroatoms. The smallest absolute Gasteiger partial charge is 0.348 e. The van der Waals surface area contributed by atoms with Crippen LogP contribution in [0.2, 0.25) is 0 Å². The van der Waals surface area contributed by atoms with E-state index in [0.717, 1.165) is 43.9 Å². The van der Waals surface area contributed by atoms with Crippen LogP contribution in [0.5, 0.6) is 0 Å². The number of hydrogen-bond donors (Lipinski definition) is 0. The fourth-order valence-electron chi connectivity index (χ4n) is 6.05. The Morgan fingerprint density at radius 3 is 1.98 bits per heavy atom. The van der Waals surface area contributed by atoms with Crippen LogP contribution in [-0.2, 0) is 20.3 Å². The van der Waals surface area contributed by atoms with E-state index in [1.165, 1.54) is 18.2 Å². The van der Waals surface area contributed by atoms with Crippen molar-refractivity contribution in [1.29, 1.82) is 0 Å². The molecule has 1 heterocycles. The van der Waals surface area contributed by atoms with E-state index in [9.17, 15) is 8.78 Å². The minimum absolute atomic E-state index is 0.131. The van der Waals surface area contributed by atoms with Gasteiger partial charge < -0.3 is 14.2 Å². The first-order valence-electron chi connectivity index (χ1n) is 15.1. The molecular weight excluding hydrogens is 589 g/mol. The van der Waals surface area contributed by atoms with Gasteiger partial charge in [-0.15, -0.1) is 0 Å². The monoisotopic (exact) mass is 624 g/mol. The van der Waals surface area contributed by atoms with Gasteiger partial charge in [0.05, 0.1) is 19.3 Å². The normalized spacial score (nSPS) is 22.7. The molecule has 3 nitrogen and oxygen atoms in total. The van der Waals surface area contributed by atoms with Gasteiger partial charge in [0.15, 0.2) is 17.9 Å². The Hall–Kier alpha value is -2.95. The number of unbranched alkanes of at least 4 members (excludes halogenated alkanes) is 2. The van der Waals surface area contributed by atoms with Crippen molar-refractivity contribution in [3.05, 3.63) is 94.3 Å². The number of benzene rings is 3. The molecule has 238 valence electrons. The Morgan fingerprint density at radius 2 is 1.36 bits per heavy atom. The SMILES string of the molecule is CCCCCC1COC(c2ccc(-c3cc(F)c(C(F)(F)OC4CCC(c5ccc(F)c(F)c5)CC4)c(F)c3)c(F)c2)OC1. The standard InChI is InChI=1S/C34H35F7O3/c1-2-3-4-5-20-18-42-33(43-19-20)23-8-12-26(28(36)15-23)24-16-30(38)32(31(39)17-24)34(40,41)44-25-10-6-21(7-11-25)22-9-13-27(35)29(37)14-22/h8-9,12-17,20-21,25,33H,2-7,10-11,18-19H2,1H3. The Bertz CT molecular complexity index is 1410. The van der Waals surface area contributed by atoms with Gasteiger partial charge in [-0.3, -0.25) is 0 Å². The summed E-state index contributed by atoms with van der Waals surface area (Å²) in [5.74, 6) is -5.85. The van der Waals surface area contributed by atoms with Crippen LogP contribution in [0, 0.1) is 35.0 Å². The van der Waals surface area contributed by atoms with Gasteiger partial charge in [-0.05, 0) is 79.5 Å². The summed E-state index contributed by atoms with van der Waals surface area (Å²) in [6.07, 6.45) is -0.821. The lowest BCUT2D eigenvalue weighted by Crippen LogP contribution is -2.31. The van der Waals surface area contributed by atoms with Gasteiger partial charge >= 0.3 is 6.11 Å². The van der Waals surface area contributed by atoms with Crippen LogP contribution in [0.3, 0.4) is 0 Å². The first-order valence-corrected chi connectivity index (χ1v) is 15.1. The lowest BCUT2D eigenvalue weighted by atomic mass is 9.82. The Kier molecular flexibility index (Phi) is 10.3. The van der Waals surface area contributed by atoms with E-state index in [2.05, 4.69) is 6.92 Å². The van der Waals surface area contributed by atoms with Gasteiger partial charge in [-0.25, -0.2) is 22.0 Å². The van der Waals surface area contributed by atoms with Gasteiger partial charge in [0.2, 0.25) is 0 Å². The van der Waals surface area contributed by atoms with E-state index < -0.39 is 53.2 Å². The zero-order chi connectivity index (χ0) is 31.4. The van der Waals surface area contributed by atoms with Crippen molar-refractivity contribution in [1.82, 2.24) is 0 Å². The third-order valence-electron chi connectivity index (χ3n) is 8.50. The molecular formula is C34H35F7O3. The average Bonchev–Trinajstić information content (AvgIpc) is 2.98. The van der Waals surface area contributed by atoms with Crippen molar-refractivity contribution in [3.8, 4) is 11.1 Å². The number of rotatable bonds is 10.